The van der Waals surface area contributed by atoms with Crippen molar-refractivity contribution in [2.24, 2.45) is 5.73 Å². The summed E-state index contributed by atoms with van der Waals surface area (Å²) < 4.78 is 0. The summed E-state index contributed by atoms with van der Waals surface area (Å²) in [6.45, 7) is 2.11. The normalized spacial score (nSPS) is 18.2. The number of hydrogen-bond acceptors (Lipinski definition) is 3. The molecule has 1 aromatic carbocycles. The number of rotatable bonds is 3. The van der Waals surface area contributed by atoms with Gasteiger partial charge in [-0.05, 0) is 41.0 Å². The number of fused-ring (bicyclic) bond motifs is 1. The first-order valence-electron chi connectivity index (χ1n) is 6.50. The lowest BCUT2D eigenvalue weighted by Crippen LogP contribution is -2.27. The maximum absolute atomic E-state index is 6.33. The Balaban J connectivity index is 1.93. The molecule has 1 aliphatic heterocycles. The molecular weight excluding hydrogens is 293 g/mol. The molecule has 3 rings (SSSR count). The van der Waals surface area contributed by atoms with E-state index in [1.54, 1.807) is 12.4 Å². The average molecular weight is 308 g/mol. The van der Waals surface area contributed by atoms with Crippen molar-refractivity contribution >= 4 is 23.2 Å². The van der Waals surface area contributed by atoms with Crippen LogP contribution in [0, 0.1) is 0 Å². The zero-order valence-electron chi connectivity index (χ0n) is 10.9. The quantitative estimate of drug-likeness (QED) is 0.945. The highest BCUT2D eigenvalue weighted by atomic mass is 35.5. The van der Waals surface area contributed by atoms with Gasteiger partial charge in [-0.1, -0.05) is 23.2 Å². The second kappa shape index (κ2) is 5.70. The van der Waals surface area contributed by atoms with Crippen LogP contribution in [-0.4, -0.2) is 16.4 Å². The number of aromatic nitrogens is 1. The van der Waals surface area contributed by atoms with Crippen molar-refractivity contribution in [3.05, 3.63) is 63.4 Å². The van der Waals surface area contributed by atoms with E-state index in [2.05, 4.69) is 9.88 Å². The molecule has 1 aliphatic rings. The minimum atomic E-state index is 0.115. The van der Waals surface area contributed by atoms with Crippen molar-refractivity contribution in [1.82, 2.24) is 9.88 Å². The van der Waals surface area contributed by atoms with Gasteiger partial charge in [-0.15, -0.1) is 0 Å². The minimum absolute atomic E-state index is 0.115. The highest BCUT2D eigenvalue weighted by Crippen LogP contribution is 2.41. The molecule has 0 radical (unpaired) electrons. The third-order valence-electron chi connectivity index (χ3n) is 3.74. The lowest BCUT2D eigenvalue weighted by molar-refractivity contribution is 0.211. The summed E-state index contributed by atoms with van der Waals surface area (Å²) in [5.41, 5.74) is 9.34. The standard InChI is InChI=1S/C15H15Cl2N3/c16-12-1-2-13(17)15-11(12)9-20(14(15)7-18)8-10-3-5-19-6-4-10/h1-6,14H,7-9,18H2. The lowest BCUT2D eigenvalue weighted by atomic mass is 10.0. The van der Waals surface area contributed by atoms with Gasteiger partial charge < -0.3 is 5.73 Å². The topological polar surface area (TPSA) is 42.1 Å². The van der Waals surface area contributed by atoms with Gasteiger partial charge in [-0.3, -0.25) is 9.88 Å². The van der Waals surface area contributed by atoms with Crippen LogP contribution in [0.1, 0.15) is 22.7 Å². The number of halogens is 2. The smallest absolute Gasteiger partial charge is 0.0496 e. The summed E-state index contributed by atoms with van der Waals surface area (Å²) in [4.78, 5) is 6.34. The summed E-state index contributed by atoms with van der Waals surface area (Å²) in [6, 6.07) is 7.84. The van der Waals surface area contributed by atoms with Gasteiger partial charge >= 0.3 is 0 Å². The Morgan fingerprint density at radius 3 is 2.55 bits per heavy atom. The predicted molar refractivity (Wildman–Crippen MR) is 81.7 cm³/mol. The number of nitrogens with two attached hydrogens (primary N) is 1. The largest absolute Gasteiger partial charge is 0.329 e. The zero-order chi connectivity index (χ0) is 14.1. The van der Waals surface area contributed by atoms with E-state index >= 15 is 0 Å². The molecule has 0 saturated heterocycles. The van der Waals surface area contributed by atoms with E-state index in [1.807, 2.05) is 24.3 Å². The Bertz CT molecular complexity index is 616. The molecule has 5 heteroatoms. The fourth-order valence-electron chi connectivity index (χ4n) is 2.78. The average Bonchev–Trinajstić information content (AvgIpc) is 2.83. The van der Waals surface area contributed by atoms with Crippen molar-refractivity contribution < 1.29 is 0 Å². The second-order valence-electron chi connectivity index (χ2n) is 4.93. The van der Waals surface area contributed by atoms with Gasteiger partial charge in [0, 0.05) is 48.1 Å². The molecule has 104 valence electrons. The van der Waals surface area contributed by atoms with Crippen LogP contribution in [0.5, 0.6) is 0 Å². The van der Waals surface area contributed by atoms with Crippen molar-refractivity contribution in [3.63, 3.8) is 0 Å². The SMILES string of the molecule is NCC1c2c(Cl)ccc(Cl)c2CN1Cc1ccncc1. The molecule has 0 bridgehead atoms. The molecule has 0 fully saturated rings. The predicted octanol–water partition coefficient (Wildman–Crippen LogP) is 3.40. The first-order chi connectivity index (χ1) is 9.70. The first-order valence-corrected chi connectivity index (χ1v) is 7.26. The number of nitrogens with zero attached hydrogens (tertiary/aromatic N) is 2. The zero-order valence-corrected chi connectivity index (χ0v) is 12.4. The fourth-order valence-corrected chi connectivity index (χ4v) is 3.31. The summed E-state index contributed by atoms with van der Waals surface area (Å²) in [5, 5.41) is 1.51. The van der Waals surface area contributed by atoms with E-state index in [0.717, 1.165) is 34.3 Å². The molecule has 2 heterocycles. The maximum Gasteiger partial charge on any atom is 0.0496 e. The van der Waals surface area contributed by atoms with Crippen molar-refractivity contribution in [1.29, 1.82) is 0 Å². The molecule has 0 amide bonds. The lowest BCUT2D eigenvalue weighted by Gasteiger charge is -2.24. The molecule has 3 nitrogen and oxygen atoms in total. The van der Waals surface area contributed by atoms with Crippen molar-refractivity contribution in [2.75, 3.05) is 6.54 Å². The third kappa shape index (κ3) is 2.42. The van der Waals surface area contributed by atoms with Gasteiger partial charge in [-0.25, -0.2) is 0 Å². The molecule has 1 aromatic heterocycles. The van der Waals surface area contributed by atoms with E-state index in [9.17, 15) is 0 Å². The van der Waals surface area contributed by atoms with Crippen LogP contribution in [0.3, 0.4) is 0 Å². The summed E-state index contributed by atoms with van der Waals surface area (Å²) in [6.07, 6.45) is 3.60. The van der Waals surface area contributed by atoms with Gasteiger partial charge in [0.25, 0.3) is 0 Å². The number of pyridine rings is 1. The van der Waals surface area contributed by atoms with Gasteiger partial charge in [0.15, 0.2) is 0 Å². The summed E-state index contributed by atoms with van der Waals surface area (Å²) in [5.74, 6) is 0. The van der Waals surface area contributed by atoms with Gasteiger partial charge in [0.2, 0.25) is 0 Å². The van der Waals surface area contributed by atoms with Crippen molar-refractivity contribution in [3.8, 4) is 0 Å². The van der Waals surface area contributed by atoms with Crippen LogP contribution in [0.2, 0.25) is 10.0 Å². The highest BCUT2D eigenvalue weighted by Gasteiger charge is 2.32. The molecule has 1 atom stereocenters. The van der Waals surface area contributed by atoms with E-state index < -0.39 is 0 Å². The summed E-state index contributed by atoms with van der Waals surface area (Å²) >= 11 is 12.6. The monoisotopic (exact) mass is 307 g/mol. The Morgan fingerprint density at radius 2 is 1.85 bits per heavy atom. The Hall–Kier alpha value is -1.13. The summed E-state index contributed by atoms with van der Waals surface area (Å²) in [7, 11) is 0. The van der Waals surface area contributed by atoms with Gasteiger partial charge in [0.05, 0.1) is 0 Å². The fraction of sp³-hybridized carbons (Fsp3) is 0.267. The van der Waals surface area contributed by atoms with E-state index in [1.165, 1.54) is 5.56 Å². The van der Waals surface area contributed by atoms with Crippen LogP contribution in [0.15, 0.2) is 36.7 Å². The highest BCUT2D eigenvalue weighted by molar-refractivity contribution is 6.34. The molecule has 2 N–H and O–H groups in total. The molecule has 0 spiro atoms. The molecule has 1 unspecified atom stereocenters. The van der Waals surface area contributed by atoms with Crippen LogP contribution in [0.25, 0.3) is 0 Å². The Kier molecular flexibility index (Phi) is 3.94. The molecule has 2 aromatic rings. The van der Waals surface area contributed by atoms with E-state index in [4.69, 9.17) is 28.9 Å². The first kappa shape index (κ1) is 13.8. The van der Waals surface area contributed by atoms with Crippen LogP contribution in [-0.2, 0) is 13.1 Å². The molecule has 0 aliphatic carbocycles. The molecule has 20 heavy (non-hydrogen) atoms. The molecule has 0 saturated carbocycles. The number of benzene rings is 1. The Morgan fingerprint density at radius 1 is 1.15 bits per heavy atom. The van der Waals surface area contributed by atoms with Crippen LogP contribution >= 0.6 is 23.2 Å². The van der Waals surface area contributed by atoms with Crippen LogP contribution in [0.4, 0.5) is 0 Å². The molecular formula is C15H15Cl2N3. The maximum atomic E-state index is 6.33. The second-order valence-corrected chi connectivity index (χ2v) is 5.75. The van der Waals surface area contributed by atoms with Crippen molar-refractivity contribution in [2.45, 2.75) is 19.1 Å². The van der Waals surface area contributed by atoms with E-state index in [-0.39, 0.29) is 6.04 Å². The van der Waals surface area contributed by atoms with Gasteiger partial charge in [-0.2, -0.15) is 0 Å². The van der Waals surface area contributed by atoms with Gasteiger partial charge in [0.1, 0.15) is 0 Å². The number of hydrogen-bond donors (Lipinski definition) is 1. The van der Waals surface area contributed by atoms with Crippen LogP contribution < -0.4 is 5.73 Å². The third-order valence-corrected chi connectivity index (χ3v) is 4.42. The Labute approximate surface area is 128 Å². The minimum Gasteiger partial charge on any atom is -0.329 e. The van der Waals surface area contributed by atoms with E-state index in [0.29, 0.717) is 6.54 Å².